The van der Waals surface area contributed by atoms with E-state index in [9.17, 15) is 15.0 Å². The van der Waals surface area contributed by atoms with Gasteiger partial charge in [-0.05, 0) is 31.6 Å². The molecule has 0 saturated carbocycles. The average molecular weight is 320 g/mol. The number of carboxylic acid groups (broad SMARTS) is 1. The third-order valence-electron chi connectivity index (χ3n) is 4.83. The fourth-order valence-corrected chi connectivity index (χ4v) is 3.49. The van der Waals surface area contributed by atoms with Gasteiger partial charge in [-0.3, -0.25) is 4.79 Å². The molecule has 3 heterocycles. The molecule has 0 amide bonds. The van der Waals surface area contributed by atoms with E-state index in [2.05, 4.69) is 14.9 Å². The summed E-state index contributed by atoms with van der Waals surface area (Å²) in [6.45, 7) is 3.29. The van der Waals surface area contributed by atoms with Crippen molar-refractivity contribution >= 4 is 17.6 Å². The predicted molar refractivity (Wildman–Crippen MR) is 86.6 cm³/mol. The van der Waals surface area contributed by atoms with Crippen molar-refractivity contribution < 1.29 is 15.0 Å². The minimum atomic E-state index is -0.731. The Balaban J connectivity index is 1.73. The molecule has 2 unspecified atom stereocenters. The number of piperidine rings is 2. The summed E-state index contributed by atoms with van der Waals surface area (Å²) in [4.78, 5) is 24.2. The molecule has 23 heavy (non-hydrogen) atoms. The number of carbonyl (C=O) groups is 1. The Hall–Kier alpha value is -1.89. The van der Waals surface area contributed by atoms with Crippen LogP contribution in [0, 0.1) is 11.8 Å². The Labute approximate surface area is 136 Å². The topological polar surface area (TPSA) is 89.8 Å². The third kappa shape index (κ3) is 3.72. The number of aliphatic hydroxyl groups excluding tert-OH is 1. The van der Waals surface area contributed by atoms with E-state index < -0.39 is 5.97 Å². The van der Waals surface area contributed by atoms with E-state index in [1.807, 2.05) is 11.0 Å². The van der Waals surface area contributed by atoms with Crippen molar-refractivity contribution in [3.63, 3.8) is 0 Å². The van der Waals surface area contributed by atoms with Crippen LogP contribution in [0.2, 0.25) is 0 Å². The van der Waals surface area contributed by atoms with Crippen LogP contribution in [0.1, 0.15) is 25.7 Å². The standard InChI is InChI=1S/C16H24N4O3/c21-10-12-3-1-5-19(8-12)14-7-15(18-11-17-14)20-6-2-4-13(9-20)16(22)23/h7,11-13,21H,1-6,8-10H2,(H,22,23). The van der Waals surface area contributed by atoms with Crippen molar-refractivity contribution in [2.45, 2.75) is 25.7 Å². The highest BCUT2D eigenvalue weighted by atomic mass is 16.4. The van der Waals surface area contributed by atoms with Gasteiger partial charge in [-0.2, -0.15) is 0 Å². The molecule has 7 nitrogen and oxygen atoms in total. The van der Waals surface area contributed by atoms with E-state index in [0.717, 1.165) is 57.0 Å². The number of hydrogen-bond donors (Lipinski definition) is 2. The minimum absolute atomic E-state index is 0.209. The zero-order valence-corrected chi connectivity index (χ0v) is 13.3. The molecule has 2 aliphatic rings. The maximum absolute atomic E-state index is 11.2. The number of anilines is 2. The predicted octanol–water partition coefficient (Wildman–Crippen LogP) is 0.986. The van der Waals surface area contributed by atoms with Gasteiger partial charge in [-0.25, -0.2) is 9.97 Å². The number of aliphatic carboxylic acids is 1. The van der Waals surface area contributed by atoms with Crippen LogP contribution in [-0.2, 0) is 4.79 Å². The number of rotatable bonds is 4. The maximum Gasteiger partial charge on any atom is 0.308 e. The molecule has 0 bridgehead atoms. The molecule has 0 spiro atoms. The van der Waals surface area contributed by atoms with E-state index in [1.54, 1.807) is 6.33 Å². The van der Waals surface area contributed by atoms with Crippen molar-refractivity contribution in [2.24, 2.45) is 11.8 Å². The highest BCUT2D eigenvalue weighted by Crippen LogP contribution is 2.26. The van der Waals surface area contributed by atoms with Crippen LogP contribution >= 0.6 is 0 Å². The van der Waals surface area contributed by atoms with Gasteiger partial charge in [0.25, 0.3) is 0 Å². The molecule has 2 fully saturated rings. The normalized spacial score (nSPS) is 25.4. The van der Waals surface area contributed by atoms with Gasteiger partial charge < -0.3 is 20.0 Å². The summed E-state index contributed by atoms with van der Waals surface area (Å²) >= 11 is 0. The van der Waals surface area contributed by atoms with Crippen molar-refractivity contribution in [1.29, 1.82) is 0 Å². The third-order valence-corrected chi connectivity index (χ3v) is 4.83. The smallest absolute Gasteiger partial charge is 0.308 e. The van der Waals surface area contributed by atoms with Crippen molar-refractivity contribution in [3.05, 3.63) is 12.4 Å². The molecule has 1 aromatic heterocycles. The SMILES string of the molecule is O=C(O)C1CCCN(c2cc(N3CCCC(CO)C3)ncn2)C1. The lowest BCUT2D eigenvalue weighted by atomic mass is 9.98. The highest BCUT2D eigenvalue weighted by molar-refractivity contribution is 5.71. The molecule has 2 aliphatic heterocycles. The van der Waals surface area contributed by atoms with Crippen LogP contribution in [0.15, 0.2) is 12.4 Å². The summed E-state index contributed by atoms with van der Waals surface area (Å²) in [6.07, 6.45) is 5.25. The monoisotopic (exact) mass is 320 g/mol. The second kappa shape index (κ2) is 7.12. The van der Waals surface area contributed by atoms with E-state index >= 15 is 0 Å². The summed E-state index contributed by atoms with van der Waals surface area (Å²) in [5, 5.41) is 18.6. The molecule has 1 aromatic rings. The van der Waals surface area contributed by atoms with Crippen LogP contribution in [0.3, 0.4) is 0 Å². The maximum atomic E-state index is 11.2. The molecule has 2 saturated heterocycles. The Morgan fingerprint density at radius 2 is 1.78 bits per heavy atom. The van der Waals surface area contributed by atoms with E-state index in [1.165, 1.54) is 0 Å². The van der Waals surface area contributed by atoms with Crippen LogP contribution in [0.4, 0.5) is 11.6 Å². The molecule has 7 heteroatoms. The average Bonchev–Trinajstić information content (AvgIpc) is 2.62. The summed E-state index contributed by atoms with van der Waals surface area (Å²) in [7, 11) is 0. The van der Waals surface area contributed by atoms with Crippen LogP contribution in [-0.4, -0.2) is 58.9 Å². The van der Waals surface area contributed by atoms with Crippen LogP contribution < -0.4 is 9.80 Å². The first-order valence-corrected chi connectivity index (χ1v) is 8.33. The summed E-state index contributed by atoms with van der Waals surface area (Å²) in [5.74, 6) is 0.910. The van der Waals surface area contributed by atoms with Gasteiger partial charge in [-0.15, -0.1) is 0 Å². The van der Waals surface area contributed by atoms with Gasteiger partial charge >= 0.3 is 5.97 Å². The van der Waals surface area contributed by atoms with Crippen molar-refractivity contribution in [1.82, 2.24) is 9.97 Å². The van der Waals surface area contributed by atoms with Crippen molar-refractivity contribution in [2.75, 3.05) is 42.6 Å². The van der Waals surface area contributed by atoms with Gasteiger partial charge in [0.05, 0.1) is 5.92 Å². The van der Waals surface area contributed by atoms with Crippen LogP contribution in [0.25, 0.3) is 0 Å². The highest BCUT2D eigenvalue weighted by Gasteiger charge is 2.27. The fourth-order valence-electron chi connectivity index (χ4n) is 3.49. The number of aliphatic hydroxyl groups is 1. The van der Waals surface area contributed by atoms with Gasteiger partial charge in [-0.1, -0.05) is 0 Å². The fraction of sp³-hybridized carbons (Fsp3) is 0.688. The Kier molecular flexibility index (Phi) is 4.95. The Morgan fingerprint density at radius 1 is 1.13 bits per heavy atom. The number of aromatic nitrogens is 2. The minimum Gasteiger partial charge on any atom is -0.481 e. The van der Waals surface area contributed by atoms with Gasteiger partial charge in [0.15, 0.2) is 0 Å². The van der Waals surface area contributed by atoms with Gasteiger partial charge in [0, 0.05) is 38.9 Å². The largest absolute Gasteiger partial charge is 0.481 e. The number of carboxylic acids is 1. The molecule has 3 rings (SSSR count). The molecular formula is C16H24N4O3. The molecule has 0 radical (unpaired) electrons. The number of nitrogens with zero attached hydrogens (tertiary/aromatic N) is 4. The Morgan fingerprint density at radius 3 is 2.43 bits per heavy atom. The van der Waals surface area contributed by atoms with Crippen molar-refractivity contribution in [3.8, 4) is 0 Å². The van der Waals surface area contributed by atoms with E-state index in [-0.39, 0.29) is 12.5 Å². The number of hydrogen-bond acceptors (Lipinski definition) is 6. The first kappa shape index (κ1) is 16.0. The lowest BCUT2D eigenvalue weighted by molar-refractivity contribution is -0.141. The summed E-state index contributed by atoms with van der Waals surface area (Å²) < 4.78 is 0. The molecular weight excluding hydrogens is 296 g/mol. The molecule has 2 atom stereocenters. The molecule has 126 valence electrons. The first-order chi connectivity index (χ1) is 11.2. The van der Waals surface area contributed by atoms with Crippen LogP contribution in [0.5, 0.6) is 0 Å². The van der Waals surface area contributed by atoms with Gasteiger partial charge in [0.1, 0.15) is 18.0 Å². The van der Waals surface area contributed by atoms with Gasteiger partial charge in [0.2, 0.25) is 0 Å². The second-order valence-electron chi connectivity index (χ2n) is 6.49. The second-order valence-corrected chi connectivity index (χ2v) is 6.49. The lowest BCUT2D eigenvalue weighted by Crippen LogP contribution is -2.40. The van der Waals surface area contributed by atoms with E-state index in [4.69, 9.17) is 0 Å². The molecule has 0 aromatic carbocycles. The summed E-state index contributed by atoms with van der Waals surface area (Å²) in [5.41, 5.74) is 0. The zero-order chi connectivity index (χ0) is 16.2. The Bertz CT molecular complexity index is 554. The quantitative estimate of drug-likeness (QED) is 0.855. The lowest BCUT2D eigenvalue weighted by Gasteiger charge is -2.34. The zero-order valence-electron chi connectivity index (χ0n) is 13.3. The summed E-state index contributed by atoms with van der Waals surface area (Å²) in [6, 6.07) is 1.95. The molecule has 2 N–H and O–H groups in total. The van der Waals surface area contributed by atoms with E-state index in [0.29, 0.717) is 12.5 Å². The first-order valence-electron chi connectivity index (χ1n) is 8.33. The molecule has 0 aliphatic carbocycles.